The summed E-state index contributed by atoms with van der Waals surface area (Å²) in [5.41, 5.74) is 1.97. The smallest absolute Gasteiger partial charge is 0.0991 e. The first-order chi connectivity index (χ1) is 9.28. The van der Waals surface area contributed by atoms with Gasteiger partial charge in [0.2, 0.25) is 0 Å². The molecule has 0 radical (unpaired) electrons. The van der Waals surface area contributed by atoms with E-state index in [0.29, 0.717) is 0 Å². The van der Waals surface area contributed by atoms with Crippen molar-refractivity contribution >= 4 is 5.69 Å². The highest BCUT2D eigenvalue weighted by Gasteiger charge is 2.21. The Morgan fingerprint density at radius 1 is 1.05 bits per heavy atom. The molecule has 3 nitrogen and oxygen atoms in total. The first-order valence-corrected chi connectivity index (χ1v) is 7.27. The molecule has 1 fully saturated rings. The molecule has 0 N–H and O–H groups in total. The predicted octanol–water partition coefficient (Wildman–Crippen LogP) is 2.87. The maximum Gasteiger partial charge on any atom is 0.0991 e. The van der Waals surface area contributed by atoms with Crippen molar-refractivity contribution < 1.29 is 0 Å². The third kappa shape index (κ3) is 3.27. The molecule has 1 heterocycles. The van der Waals surface area contributed by atoms with E-state index in [9.17, 15) is 0 Å². The van der Waals surface area contributed by atoms with E-state index in [1.165, 1.54) is 18.5 Å². The first-order valence-electron chi connectivity index (χ1n) is 7.27. The molecule has 0 bridgehead atoms. The first kappa shape index (κ1) is 13.9. The molecular weight excluding hydrogens is 234 g/mol. The molecule has 1 saturated heterocycles. The van der Waals surface area contributed by atoms with E-state index in [0.717, 1.165) is 37.8 Å². The quantitative estimate of drug-likeness (QED) is 0.831. The van der Waals surface area contributed by atoms with Crippen LogP contribution in [-0.2, 0) is 0 Å². The van der Waals surface area contributed by atoms with Gasteiger partial charge in [0, 0.05) is 37.9 Å². The lowest BCUT2D eigenvalue weighted by Gasteiger charge is -2.39. The van der Waals surface area contributed by atoms with Crippen molar-refractivity contribution in [3.8, 4) is 6.07 Å². The lowest BCUT2D eigenvalue weighted by atomic mass is 10.1. The average molecular weight is 257 g/mol. The highest BCUT2D eigenvalue weighted by molar-refractivity contribution is 5.50. The molecule has 1 aromatic carbocycles. The molecule has 0 aromatic heterocycles. The van der Waals surface area contributed by atoms with Crippen molar-refractivity contribution in [2.24, 2.45) is 0 Å². The molecule has 19 heavy (non-hydrogen) atoms. The van der Waals surface area contributed by atoms with Crippen molar-refractivity contribution in [2.75, 3.05) is 31.1 Å². The van der Waals surface area contributed by atoms with Gasteiger partial charge in [-0.15, -0.1) is 0 Å². The Kier molecular flexibility index (Phi) is 4.81. The lowest BCUT2D eigenvalue weighted by molar-refractivity contribution is 0.175. The van der Waals surface area contributed by atoms with Crippen molar-refractivity contribution in [1.82, 2.24) is 4.90 Å². The molecule has 0 atom stereocenters. The summed E-state index contributed by atoms with van der Waals surface area (Å²) in [5.74, 6) is 0. The summed E-state index contributed by atoms with van der Waals surface area (Å²) in [6.45, 7) is 9.02. The van der Waals surface area contributed by atoms with Crippen LogP contribution >= 0.6 is 0 Å². The van der Waals surface area contributed by atoms with Crippen molar-refractivity contribution in [3.05, 3.63) is 29.8 Å². The molecule has 1 aromatic rings. The van der Waals surface area contributed by atoms with Crippen LogP contribution < -0.4 is 4.90 Å². The molecule has 2 rings (SSSR count). The minimum atomic E-state index is 0.736. The van der Waals surface area contributed by atoms with E-state index in [1.54, 1.807) is 0 Å². The fourth-order valence-electron chi connectivity index (χ4n) is 2.90. The minimum absolute atomic E-state index is 0.736. The van der Waals surface area contributed by atoms with E-state index in [1.807, 2.05) is 12.1 Å². The van der Waals surface area contributed by atoms with E-state index < -0.39 is 0 Å². The van der Waals surface area contributed by atoms with Gasteiger partial charge in [-0.25, -0.2) is 0 Å². The molecule has 102 valence electrons. The van der Waals surface area contributed by atoms with E-state index in [4.69, 9.17) is 5.26 Å². The van der Waals surface area contributed by atoms with Crippen LogP contribution in [0.2, 0.25) is 0 Å². The van der Waals surface area contributed by atoms with Crippen LogP contribution in [0.5, 0.6) is 0 Å². The van der Waals surface area contributed by atoms with Crippen LogP contribution in [0.4, 0.5) is 5.69 Å². The van der Waals surface area contributed by atoms with Gasteiger partial charge in [0.05, 0.1) is 11.6 Å². The Labute approximate surface area is 116 Å². The molecule has 1 aliphatic heterocycles. The Bertz CT molecular complexity index is 420. The number of nitrogens with zero attached hydrogens (tertiary/aromatic N) is 3. The molecule has 0 spiro atoms. The van der Waals surface area contributed by atoms with Crippen LogP contribution in [0.1, 0.15) is 32.3 Å². The van der Waals surface area contributed by atoms with Gasteiger partial charge >= 0.3 is 0 Å². The predicted molar refractivity (Wildman–Crippen MR) is 79.3 cm³/mol. The zero-order chi connectivity index (χ0) is 13.7. The van der Waals surface area contributed by atoms with E-state index >= 15 is 0 Å². The van der Waals surface area contributed by atoms with Gasteiger partial charge in [0.25, 0.3) is 0 Å². The SMILES string of the molecule is CCC(CC)N1CCN(c2ccc(C#N)cc2)CC1. The second-order valence-electron chi connectivity index (χ2n) is 5.15. The van der Waals surface area contributed by atoms with Crippen LogP contribution in [0.15, 0.2) is 24.3 Å². The minimum Gasteiger partial charge on any atom is -0.369 e. The number of benzene rings is 1. The highest BCUT2D eigenvalue weighted by Crippen LogP contribution is 2.19. The van der Waals surface area contributed by atoms with E-state index in [2.05, 4.69) is 41.8 Å². The Morgan fingerprint density at radius 2 is 1.63 bits per heavy atom. The molecule has 0 saturated carbocycles. The van der Waals surface area contributed by atoms with Crippen LogP contribution in [-0.4, -0.2) is 37.1 Å². The summed E-state index contributed by atoms with van der Waals surface area (Å²) < 4.78 is 0. The van der Waals surface area contributed by atoms with Gasteiger partial charge in [0.15, 0.2) is 0 Å². The number of anilines is 1. The number of rotatable bonds is 4. The zero-order valence-electron chi connectivity index (χ0n) is 12.0. The summed E-state index contributed by atoms with van der Waals surface area (Å²) in [7, 11) is 0. The van der Waals surface area contributed by atoms with Gasteiger partial charge in [-0.1, -0.05) is 13.8 Å². The molecule has 0 aliphatic carbocycles. The highest BCUT2D eigenvalue weighted by atomic mass is 15.3. The number of nitriles is 1. The summed E-state index contributed by atoms with van der Waals surface area (Å²) in [4.78, 5) is 5.03. The van der Waals surface area contributed by atoms with Crippen molar-refractivity contribution in [1.29, 1.82) is 5.26 Å². The molecule has 0 amide bonds. The average Bonchev–Trinajstić information content (AvgIpc) is 2.49. The maximum atomic E-state index is 8.82. The third-order valence-corrected chi connectivity index (χ3v) is 4.13. The number of piperazine rings is 1. The van der Waals surface area contributed by atoms with Gasteiger partial charge < -0.3 is 4.90 Å². The van der Waals surface area contributed by atoms with Gasteiger partial charge in [-0.2, -0.15) is 5.26 Å². The summed E-state index contributed by atoms with van der Waals surface area (Å²) >= 11 is 0. The zero-order valence-corrected chi connectivity index (χ0v) is 12.0. The second-order valence-corrected chi connectivity index (χ2v) is 5.15. The fourth-order valence-corrected chi connectivity index (χ4v) is 2.90. The van der Waals surface area contributed by atoms with Crippen LogP contribution in [0, 0.1) is 11.3 Å². The maximum absolute atomic E-state index is 8.82. The van der Waals surface area contributed by atoms with E-state index in [-0.39, 0.29) is 0 Å². The molecular formula is C16H23N3. The molecule has 3 heteroatoms. The van der Waals surface area contributed by atoms with Crippen LogP contribution in [0.3, 0.4) is 0 Å². The lowest BCUT2D eigenvalue weighted by Crippen LogP contribution is -2.50. The van der Waals surface area contributed by atoms with Crippen LogP contribution in [0.25, 0.3) is 0 Å². The Hall–Kier alpha value is -1.53. The Balaban J connectivity index is 1.94. The standard InChI is InChI=1S/C16H23N3/c1-3-15(4-2)18-9-11-19(12-10-18)16-7-5-14(13-17)6-8-16/h5-8,15H,3-4,9-12H2,1-2H3. The summed E-state index contributed by atoms with van der Waals surface area (Å²) in [6.07, 6.45) is 2.49. The molecule has 1 aliphatic rings. The third-order valence-electron chi connectivity index (χ3n) is 4.13. The Morgan fingerprint density at radius 3 is 2.11 bits per heavy atom. The molecule has 0 unspecified atom stereocenters. The second kappa shape index (κ2) is 6.58. The fraction of sp³-hybridized carbons (Fsp3) is 0.562. The largest absolute Gasteiger partial charge is 0.369 e. The topological polar surface area (TPSA) is 30.3 Å². The van der Waals surface area contributed by atoms with Gasteiger partial charge in [-0.3, -0.25) is 4.90 Å². The van der Waals surface area contributed by atoms with Gasteiger partial charge in [0.1, 0.15) is 0 Å². The van der Waals surface area contributed by atoms with Crippen molar-refractivity contribution in [2.45, 2.75) is 32.7 Å². The summed E-state index contributed by atoms with van der Waals surface area (Å²) in [5, 5.41) is 8.82. The number of hydrogen-bond donors (Lipinski definition) is 0. The number of hydrogen-bond acceptors (Lipinski definition) is 3. The normalized spacial score (nSPS) is 16.6. The van der Waals surface area contributed by atoms with Crippen molar-refractivity contribution in [3.63, 3.8) is 0 Å². The summed E-state index contributed by atoms with van der Waals surface area (Å²) in [6, 6.07) is 10.8. The van der Waals surface area contributed by atoms with Gasteiger partial charge in [-0.05, 0) is 37.1 Å². The monoisotopic (exact) mass is 257 g/mol.